The van der Waals surface area contributed by atoms with E-state index in [0.717, 1.165) is 41.0 Å². The third-order valence-electron chi connectivity index (χ3n) is 6.42. The molecule has 2 aromatic heterocycles. The van der Waals surface area contributed by atoms with Crippen LogP contribution >= 0.6 is 0 Å². The lowest BCUT2D eigenvalue weighted by atomic mass is 10.0. The van der Waals surface area contributed by atoms with Gasteiger partial charge in [-0.15, -0.1) is 0 Å². The van der Waals surface area contributed by atoms with Gasteiger partial charge in [-0.2, -0.15) is 5.10 Å². The molecule has 2 aromatic carbocycles. The van der Waals surface area contributed by atoms with Crippen molar-refractivity contribution in [3.8, 4) is 22.8 Å². The molecule has 5 rings (SSSR count). The Morgan fingerprint density at radius 3 is 2.66 bits per heavy atom. The third kappa shape index (κ3) is 4.62. The molecule has 1 amide bonds. The van der Waals surface area contributed by atoms with Crippen molar-refractivity contribution >= 4 is 5.91 Å². The first-order valence-electron chi connectivity index (χ1n) is 11.7. The van der Waals surface area contributed by atoms with Crippen molar-refractivity contribution in [1.82, 2.24) is 19.7 Å². The Kier molecular flexibility index (Phi) is 6.48. The summed E-state index contributed by atoms with van der Waals surface area (Å²) in [5, 5.41) is 4.81. The minimum Gasteiger partial charge on any atom is -0.497 e. The van der Waals surface area contributed by atoms with E-state index in [0.29, 0.717) is 24.3 Å². The summed E-state index contributed by atoms with van der Waals surface area (Å²) < 4.78 is 12.9. The van der Waals surface area contributed by atoms with Crippen LogP contribution in [0.1, 0.15) is 40.4 Å². The van der Waals surface area contributed by atoms with Gasteiger partial charge < -0.3 is 14.4 Å². The van der Waals surface area contributed by atoms with Crippen molar-refractivity contribution in [1.29, 1.82) is 0 Å². The fourth-order valence-corrected chi connectivity index (χ4v) is 4.73. The second-order valence-electron chi connectivity index (χ2n) is 8.58. The minimum absolute atomic E-state index is 0.0458. The van der Waals surface area contributed by atoms with Crippen molar-refractivity contribution in [2.45, 2.75) is 25.4 Å². The van der Waals surface area contributed by atoms with E-state index in [1.165, 1.54) is 0 Å². The molecule has 0 aliphatic carbocycles. The largest absolute Gasteiger partial charge is 0.497 e. The predicted molar refractivity (Wildman–Crippen MR) is 134 cm³/mol. The highest BCUT2D eigenvalue weighted by Crippen LogP contribution is 2.40. The number of carbonyl (C=O) groups is 1. The van der Waals surface area contributed by atoms with Crippen LogP contribution in [0.2, 0.25) is 0 Å². The molecule has 3 heterocycles. The van der Waals surface area contributed by atoms with Crippen LogP contribution in [0.25, 0.3) is 11.3 Å². The number of amides is 1. The Morgan fingerprint density at radius 1 is 1.06 bits per heavy atom. The molecule has 0 unspecified atom stereocenters. The number of benzene rings is 2. The summed E-state index contributed by atoms with van der Waals surface area (Å²) in [5.74, 6) is 1.45. The number of nitrogens with zero attached hydrogens (tertiary/aromatic N) is 4. The van der Waals surface area contributed by atoms with Gasteiger partial charge in [0.15, 0.2) is 0 Å². The zero-order chi connectivity index (χ0) is 24.2. The molecule has 7 heteroatoms. The second kappa shape index (κ2) is 10.0. The standard InChI is InChI=1S/C28H28N4O3/c1-34-22-12-13-26(35-2)23(16-22)25-11-7-15-32(25)28(33)24-19-31(18-20-8-4-3-5-9-20)30-27(24)21-10-6-14-29-17-21/h3-6,8-10,12-14,16-17,19,25H,7,11,15,18H2,1-2H3/t25-/m0/s1. The number of hydrogen-bond donors (Lipinski definition) is 0. The number of hydrogen-bond acceptors (Lipinski definition) is 5. The number of likely N-dealkylation sites (tertiary alicyclic amines) is 1. The summed E-state index contributed by atoms with van der Waals surface area (Å²) in [6.07, 6.45) is 7.10. The van der Waals surface area contributed by atoms with Crippen molar-refractivity contribution in [3.05, 3.63) is 95.9 Å². The average molecular weight is 469 g/mol. The van der Waals surface area contributed by atoms with Crippen LogP contribution in [0.3, 0.4) is 0 Å². The summed E-state index contributed by atoms with van der Waals surface area (Å²) in [5.41, 5.74) is 4.10. The fraction of sp³-hybridized carbons (Fsp3) is 0.250. The van der Waals surface area contributed by atoms with Crippen LogP contribution in [0.4, 0.5) is 0 Å². The molecule has 7 nitrogen and oxygen atoms in total. The molecule has 0 radical (unpaired) electrons. The Morgan fingerprint density at radius 2 is 1.91 bits per heavy atom. The van der Waals surface area contributed by atoms with Crippen molar-refractivity contribution < 1.29 is 14.3 Å². The number of ether oxygens (including phenoxy) is 2. The SMILES string of the molecule is COc1ccc(OC)c([C@@H]2CCCN2C(=O)c2cn(Cc3ccccc3)nc2-c2cccnc2)c1. The van der Waals surface area contributed by atoms with E-state index in [-0.39, 0.29) is 11.9 Å². The van der Waals surface area contributed by atoms with Gasteiger partial charge in [-0.3, -0.25) is 14.5 Å². The molecule has 1 atom stereocenters. The molecule has 1 aliphatic heterocycles. The molecule has 1 aliphatic rings. The lowest BCUT2D eigenvalue weighted by Gasteiger charge is -2.26. The summed E-state index contributed by atoms with van der Waals surface area (Å²) >= 11 is 0. The van der Waals surface area contributed by atoms with Crippen LogP contribution < -0.4 is 9.47 Å². The highest BCUT2D eigenvalue weighted by atomic mass is 16.5. The molecule has 1 fully saturated rings. The Labute approximate surface area is 204 Å². The molecule has 178 valence electrons. The van der Waals surface area contributed by atoms with E-state index < -0.39 is 0 Å². The third-order valence-corrected chi connectivity index (χ3v) is 6.42. The van der Waals surface area contributed by atoms with Gasteiger partial charge in [-0.1, -0.05) is 30.3 Å². The maximum Gasteiger partial charge on any atom is 0.258 e. The van der Waals surface area contributed by atoms with Crippen LogP contribution in [0.15, 0.2) is 79.3 Å². The number of pyridine rings is 1. The van der Waals surface area contributed by atoms with Crippen molar-refractivity contribution in [2.24, 2.45) is 0 Å². The van der Waals surface area contributed by atoms with Gasteiger partial charge in [0.05, 0.1) is 32.4 Å². The lowest BCUT2D eigenvalue weighted by molar-refractivity contribution is 0.0734. The topological polar surface area (TPSA) is 69.5 Å². The molecule has 1 saturated heterocycles. The smallest absolute Gasteiger partial charge is 0.258 e. The predicted octanol–water partition coefficient (Wildman–Crippen LogP) is 4.99. The first-order valence-corrected chi connectivity index (χ1v) is 11.7. The molecule has 35 heavy (non-hydrogen) atoms. The molecule has 0 saturated carbocycles. The normalized spacial score (nSPS) is 15.3. The van der Waals surface area contributed by atoms with Gasteiger partial charge in [0, 0.05) is 36.3 Å². The van der Waals surface area contributed by atoms with Crippen LogP contribution in [0.5, 0.6) is 11.5 Å². The highest BCUT2D eigenvalue weighted by molar-refractivity contribution is 6.00. The fourth-order valence-electron chi connectivity index (χ4n) is 4.73. The summed E-state index contributed by atoms with van der Waals surface area (Å²) in [6, 6.07) is 19.5. The van der Waals surface area contributed by atoms with Crippen molar-refractivity contribution in [3.63, 3.8) is 0 Å². The number of carbonyl (C=O) groups excluding carboxylic acids is 1. The van der Waals surface area contributed by atoms with E-state index >= 15 is 0 Å². The van der Waals surface area contributed by atoms with Crippen LogP contribution in [0, 0.1) is 0 Å². The summed E-state index contributed by atoms with van der Waals surface area (Å²) in [4.78, 5) is 20.2. The Hall–Kier alpha value is -4.13. The van der Waals surface area contributed by atoms with Crippen LogP contribution in [-0.4, -0.2) is 46.3 Å². The van der Waals surface area contributed by atoms with E-state index in [9.17, 15) is 4.79 Å². The van der Waals surface area contributed by atoms with Crippen LogP contribution in [-0.2, 0) is 6.54 Å². The Balaban J connectivity index is 1.53. The number of aromatic nitrogens is 3. The van der Waals surface area contributed by atoms with E-state index in [2.05, 4.69) is 17.1 Å². The second-order valence-corrected chi connectivity index (χ2v) is 8.58. The van der Waals surface area contributed by atoms with E-state index in [1.54, 1.807) is 26.6 Å². The van der Waals surface area contributed by atoms with Gasteiger partial charge in [0.1, 0.15) is 17.2 Å². The molecule has 4 aromatic rings. The van der Waals surface area contributed by atoms with Gasteiger partial charge in [0.25, 0.3) is 5.91 Å². The maximum atomic E-state index is 14.0. The lowest BCUT2D eigenvalue weighted by Crippen LogP contribution is -2.31. The maximum absolute atomic E-state index is 14.0. The quantitative estimate of drug-likeness (QED) is 0.382. The minimum atomic E-state index is -0.105. The monoisotopic (exact) mass is 468 g/mol. The zero-order valence-electron chi connectivity index (χ0n) is 19.9. The molecule has 0 bridgehead atoms. The molecular weight excluding hydrogens is 440 g/mol. The molecule has 0 N–H and O–H groups in total. The Bertz CT molecular complexity index is 1300. The van der Waals surface area contributed by atoms with Gasteiger partial charge in [0.2, 0.25) is 0 Å². The molecule has 0 spiro atoms. The van der Waals surface area contributed by atoms with E-state index in [1.807, 2.05) is 64.3 Å². The first kappa shape index (κ1) is 22.7. The molecular formula is C28H28N4O3. The summed E-state index contributed by atoms with van der Waals surface area (Å²) in [7, 11) is 3.30. The zero-order valence-corrected chi connectivity index (χ0v) is 19.9. The van der Waals surface area contributed by atoms with E-state index in [4.69, 9.17) is 14.6 Å². The highest BCUT2D eigenvalue weighted by Gasteiger charge is 2.34. The number of rotatable bonds is 7. The average Bonchev–Trinajstić information content (AvgIpc) is 3.57. The van der Waals surface area contributed by atoms with Crippen molar-refractivity contribution in [2.75, 3.05) is 20.8 Å². The van der Waals surface area contributed by atoms with Gasteiger partial charge >= 0.3 is 0 Å². The van der Waals surface area contributed by atoms with Gasteiger partial charge in [-0.25, -0.2) is 0 Å². The first-order chi connectivity index (χ1) is 17.2. The summed E-state index contributed by atoms with van der Waals surface area (Å²) in [6.45, 7) is 1.24. The number of methoxy groups -OCH3 is 2. The van der Waals surface area contributed by atoms with Gasteiger partial charge in [-0.05, 0) is 48.7 Å².